The monoisotopic (exact) mass is 252 g/mol. The minimum absolute atomic E-state index is 0.00393. The zero-order valence-electron chi connectivity index (χ0n) is 10.4. The predicted molar refractivity (Wildman–Crippen MR) is 65.0 cm³/mol. The smallest absolute Gasteiger partial charge is 0.338 e. The Labute approximate surface area is 106 Å². The lowest BCUT2D eigenvalue weighted by Crippen LogP contribution is -2.26. The number of carbonyl (C=O) groups is 1. The molecule has 1 aliphatic rings. The molecule has 1 unspecified atom stereocenters. The van der Waals surface area contributed by atoms with Crippen molar-refractivity contribution in [2.75, 3.05) is 13.2 Å². The third kappa shape index (κ3) is 3.29. The van der Waals surface area contributed by atoms with Crippen molar-refractivity contribution in [2.24, 2.45) is 0 Å². The Morgan fingerprint density at radius 2 is 2.33 bits per heavy atom. The first kappa shape index (κ1) is 13.0. The molecule has 3 nitrogen and oxygen atoms in total. The lowest BCUT2D eigenvalue weighted by molar-refractivity contribution is -0.0300. The first-order chi connectivity index (χ1) is 8.66. The highest BCUT2D eigenvalue weighted by atomic mass is 19.1. The van der Waals surface area contributed by atoms with E-state index in [0.29, 0.717) is 11.1 Å². The van der Waals surface area contributed by atoms with E-state index < -0.39 is 5.97 Å². The lowest BCUT2D eigenvalue weighted by atomic mass is 10.1. The molecule has 1 heterocycles. The van der Waals surface area contributed by atoms with E-state index >= 15 is 0 Å². The molecule has 18 heavy (non-hydrogen) atoms. The topological polar surface area (TPSA) is 35.5 Å². The van der Waals surface area contributed by atoms with E-state index in [1.807, 2.05) is 0 Å². The van der Waals surface area contributed by atoms with E-state index in [1.54, 1.807) is 6.92 Å². The maximum atomic E-state index is 13.1. The lowest BCUT2D eigenvalue weighted by Gasteiger charge is -2.22. The highest BCUT2D eigenvalue weighted by Gasteiger charge is 2.17. The summed E-state index contributed by atoms with van der Waals surface area (Å²) in [6.45, 7) is 2.63. The molecule has 98 valence electrons. The first-order valence-corrected chi connectivity index (χ1v) is 6.21. The van der Waals surface area contributed by atoms with Gasteiger partial charge in [0.15, 0.2) is 0 Å². The summed E-state index contributed by atoms with van der Waals surface area (Å²) in [7, 11) is 0. The molecule has 0 radical (unpaired) electrons. The van der Waals surface area contributed by atoms with Crippen LogP contribution < -0.4 is 0 Å². The van der Waals surface area contributed by atoms with Crippen LogP contribution in [0.4, 0.5) is 4.39 Å². The average Bonchev–Trinajstić information content (AvgIpc) is 2.40. The number of benzene rings is 1. The van der Waals surface area contributed by atoms with E-state index in [4.69, 9.17) is 9.47 Å². The summed E-state index contributed by atoms with van der Waals surface area (Å²) in [4.78, 5) is 11.8. The Morgan fingerprint density at radius 3 is 3.00 bits per heavy atom. The van der Waals surface area contributed by atoms with Crippen LogP contribution in [0.25, 0.3) is 0 Å². The third-order valence-corrected chi connectivity index (χ3v) is 3.07. The minimum Gasteiger partial charge on any atom is -0.459 e. The molecular formula is C14H17FO3. The van der Waals surface area contributed by atoms with Gasteiger partial charge in [-0.15, -0.1) is 0 Å². The number of ether oxygens (including phenoxy) is 2. The zero-order valence-corrected chi connectivity index (χ0v) is 10.4. The fourth-order valence-electron chi connectivity index (χ4n) is 1.96. The summed E-state index contributed by atoms with van der Waals surface area (Å²) in [5.74, 6) is -0.741. The number of halogens is 1. The van der Waals surface area contributed by atoms with Crippen molar-refractivity contribution >= 4 is 5.97 Å². The molecule has 1 aromatic carbocycles. The molecule has 0 N–H and O–H groups in total. The van der Waals surface area contributed by atoms with Gasteiger partial charge in [-0.2, -0.15) is 0 Å². The highest BCUT2D eigenvalue weighted by molar-refractivity contribution is 5.89. The second-order valence-corrected chi connectivity index (χ2v) is 4.55. The van der Waals surface area contributed by atoms with Gasteiger partial charge in [0.2, 0.25) is 0 Å². The van der Waals surface area contributed by atoms with E-state index in [1.165, 1.54) is 18.2 Å². The Balaban J connectivity index is 1.88. The Hall–Kier alpha value is -1.42. The van der Waals surface area contributed by atoms with Crippen molar-refractivity contribution in [3.8, 4) is 0 Å². The molecule has 0 aromatic heterocycles. The summed E-state index contributed by atoms with van der Waals surface area (Å²) in [6, 6.07) is 4.22. The van der Waals surface area contributed by atoms with Crippen molar-refractivity contribution in [3.63, 3.8) is 0 Å². The molecule has 4 heteroatoms. The second kappa shape index (κ2) is 5.96. The largest absolute Gasteiger partial charge is 0.459 e. The zero-order chi connectivity index (χ0) is 13.0. The van der Waals surface area contributed by atoms with E-state index in [0.717, 1.165) is 25.9 Å². The number of carbonyl (C=O) groups excluding carboxylic acids is 1. The standard InChI is InChI=1S/C14H17FO3/c1-10-8-11(5-6-13(10)15)14(16)18-9-12-4-2-3-7-17-12/h5-6,8,12H,2-4,7,9H2,1H3. The van der Waals surface area contributed by atoms with Crippen molar-refractivity contribution in [1.82, 2.24) is 0 Å². The van der Waals surface area contributed by atoms with Crippen molar-refractivity contribution in [1.29, 1.82) is 0 Å². The second-order valence-electron chi connectivity index (χ2n) is 4.55. The van der Waals surface area contributed by atoms with Crippen LogP contribution in [-0.4, -0.2) is 25.3 Å². The summed E-state index contributed by atoms with van der Waals surface area (Å²) in [5.41, 5.74) is 0.822. The summed E-state index contributed by atoms with van der Waals surface area (Å²) < 4.78 is 23.7. The summed E-state index contributed by atoms with van der Waals surface area (Å²) in [5, 5.41) is 0. The Morgan fingerprint density at radius 1 is 1.50 bits per heavy atom. The van der Waals surface area contributed by atoms with Crippen LogP contribution in [0.1, 0.15) is 35.2 Å². The van der Waals surface area contributed by atoms with Gasteiger partial charge >= 0.3 is 5.97 Å². The van der Waals surface area contributed by atoms with Crippen LogP contribution in [0.5, 0.6) is 0 Å². The predicted octanol–water partition coefficient (Wildman–Crippen LogP) is 2.86. The molecular weight excluding hydrogens is 235 g/mol. The maximum absolute atomic E-state index is 13.1. The minimum atomic E-state index is -0.424. The molecule has 0 saturated carbocycles. The van der Waals surface area contributed by atoms with Crippen LogP contribution in [0.15, 0.2) is 18.2 Å². The number of hydrogen-bond donors (Lipinski definition) is 0. The number of hydrogen-bond acceptors (Lipinski definition) is 3. The van der Waals surface area contributed by atoms with Gasteiger partial charge in [0.05, 0.1) is 11.7 Å². The molecule has 0 aliphatic carbocycles. The normalized spacial score (nSPS) is 19.6. The van der Waals surface area contributed by atoms with Crippen LogP contribution in [0.2, 0.25) is 0 Å². The van der Waals surface area contributed by atoms with Gasteiger partial charge in [0, 0.05) is 6.61 Å². The molecule has 2 rings (SSSR count). The fourth-order valence-corrected chi connectivity index (χ4v) is 1.96. The molecule has 0 bridgehead atoms. The molecule has 1 fully saturated rings. The first-order valence-electron chi connectivity index (χ1n) is 6.21. The SMILES string of the molecule is Cc1cc(C(=O)OCC2CCCCO2)ccc1F. The molecule has 0 amide bonds. The third-order valence-electron chi connectivity index (χ3n) is 3.07. The maximum Gasteiger partial charge on any atom is 0.338 e. The van der Waals surface area contributed by atoms with Gasteiger partial charge < -0.3 is 9.47 Å². The molecule has 1 aromatic rings. The van der Waals surface area contributed by atoms with Crippen LogP contribution >= 0.6 is 0 Å². The van der Waals surface area contributed by atoms with Gasteiger partial charge in [-0.3, -0.25) is 0 Å². The molecule has 1 saturated heterocycles. The van der Waals surface area contributed by atoms with Gasteiger partial charge in [0.25, 0.3) is 0 Å². The number of aryl methyl sites for hydroxylation is 1. The van der Waals surface area contributed by atoms with Crippen molar-refractivity contribution < 1.29 is 18.7 Å². The number of esters is 1. The van der Waals surface area contributed by atoms with E-state index in [-0.39, 0.29) is 18.5 Å². The molecule has 0 spiro atoms. The molecule has 1 aliphatic heterocycles. The fraction of sp³-hybridized carbons (Fsp3) is 0.500. The van der Waals surface area contributed by atoms with Gasteiger partial charge in [0.1, 0.15) is 12.4 Å². The van der Waals surface area contributed by atoms with Crippen LogP contribution in [-0.2, 0) is 9.47 Å². The number of rotatable bonds is 3. The van der Waals surface area contributed by atoms with Crippen molar-refractivity contribution in [2.45, 2.75) is 32.3 Å². The summed E-state index contributed by atoms with van der Waals surface area (Å²) in [6.07, 6.45) is 3.11. The van der Waals surface area contributed by atoms with E-state index in [2.05, 4.69) is 0 Å². The van der Waals surface area contributed by atoms with Gasteiger partial charge in [-0.25, -0.2) is 9.18 Å². The van der Waals surface area contributed by atoms with Gasteiger partial charge in [-0.05, 0) is 49.9 Å². The average molecular weight is 252 g/mol. The quantitative estimate of drug-likeness (QED) is 0.776. The van der Waals surface area contributed by atoms with E-state index in [9.17, 15) is 9.18 Å². The molecule has 1 atom stereocenters. The van der Waals surface area contributed by atoms with Crippen LogP contribution in [0.3, 0.4) is 0 Å². The van der Waals surface area contributed by atoms with Crippen molar-refractivity contribution in [3.05, 3.63) is 35.1 Å². The van der Waals surface area contributed by atoms with Gasteiger partial charge in [-0.1, -0.05) is 0 Å². The Kier molecular flexibility index (Phi) is 4.31. The highest BCUT2D eigenvalue weighted by Crippen LogP contribution is 2.14. The van der Waals surface area contributed by atoms with Crippen LogP contribution in [0, 0.1) is 12.7 Å². The summed E-state index contributed by atoms with van der Waals surface area (Å²) >= 11 is 0. The Bertz CT molecular complexity index is 425.